The van der Waals surface area contributed by atoms with Crippen LogP contribution in [0.1, 0.15) is 69.4 Å². The maximum absolute atomic E-state index is 5.61. The van der Waals surface area contributed by atoms with Crippen molar-refractivity contribution >= 4 is 0 Å². The van der Waals surface area contributed by atoms with Crippen LogP contribution in [0.2, 0.25) is 0 Å². The lowest BCUT2D eigenvalue weighted by molar-refractivity contribution is 0.148. The van der Waals surface area contributed by atoms with E-state index in [1.54, 1.807) is 0 Å². The van der Waals surface area contributed by atoms with E-state index in [0.29, 0.717) is 13.2 Å². The molecule has 0 N–H and O–H groups in total. The molecule has 1 aliphatic rings. The van der Waals surface area contributed by atoms with Crippen LogP contribution in [0.4, 0.5) is 0 Å². The van der Waals surface area contributed by atoms with Gasteiger partial charge in [-0.05, 0) is 68.4 Å². The summed E-state index contributed by atoms with van der Waals surface area (Å²) in [5.41, 5.74) is 2.79. The zero-order valence-electron chi connectivity index (χ0n) is 14.8. The predicted molar refractivity (Wildman–Crippen MR) is 99.7 cm³/mol. The van der Waals surface area contributed by atoms with Crippen molar-refractivity contribution in [3.63, 3.8) is 0 Å². The first kappa shape index (κ1) is 18.0. The van der Waals surface area contributed by atoms with Crippen molar-refractivity contribution in [1.29, 1.82) is 0 Å². The molecule has 1 saturated carbocycles. The van der Waals surface area contributed by atoms with Crippen molar-refractivity contribution in [3.8, 4) is 0 Å². The van der Waals surface area contributed by atoms with Gasteiger partial charge in [-0.1, -0.05) is 55.5 Å². The van der Waals surface area contributed by atoms with Gasteiger partial charge in [0.25, 0.3) is 0 Å². The van der Waals surface area contributed by atoms with Crippen LogP contribution >= 0.6 is 0 Å². The van der Waals surface area contributed by atoms with Gasteiger partial charge in [-0.3, -0.25) is 0 Å². The molecule has 23 heavy (non-hydrogen) atoms. The first-order valence-electron chi connectivity index (χ1n) is 9.26. The van der Waals surface area contributed by atoms with Crippen molar-refractivity contribution in [1.82, 2.24) is 0 Å². The maximum atomic E-state index is 5.61. The molecule has 0 unspecified atom stereocenters. The maximum Gasteiger partial charge on any atom is 0.0721 e. The molecule has 0 bridgehead atoms. The van der Waals surface area contributed by atoms with E-state index in [0.717, 1.165) is 11.8 Å². The molecule has 0 amide bonds. The first-order valence-corrected chi connectivity index (χ1v) is 9.26. The normalized spacial score (nSPS) is 22.2. The Bertz CT molecular complexity index is 475. The molecule has 0 aromatic heterocycles. The Kier molecular flexibility index (Phi) is 8.17. The molecular weight excluding hydrogens is 280 g/mol. The van der Waals surface area contributed by atoms with Gasteiger partial charge in [-0.2, -0.15) is 0 Å². The second-order valence-corrected chi connectivity index (χ2v) is 6.66. The predicted octanol–water partition coefficient (Wildman–Crippen LogP) is 6.41. The number of hydrogen-bond donors (Lipinski definition) is 0. The Morgan fingerprint density at radius 3 is 2.39 bits per heavy atom. The molecule has 0 saturated heterocycles. The highest BCUT2D eigenvalue weighted by molar-refractivity contribution is 5.25. The zero-order valence-corrected chi connectivity index (χ0v) is 14.8. The standard InChI is InChI=1S/C22H32O/c1-3-5-7-8-19-9-13-21(14-10-19)22-15-11-20(12-16-22)18-23-17-6-4-2/h4-7,11-12,15-16,19,21H,3,8-10,13-14,17-18H2,1-2H3/b6-4+,7-5+. The van der Waals surface area contributed by atoms with Gasteiger partial charge in [-0.25, -0.2) is 0 Å². The lowest BCUT2D eigenvalue weighted by Gasteiger charge is -2.28. The SMILES string of the molecule is C/C=C/COCc1ccc(C2CCC(C/C=C/CC)CC2)cc1. The average Bonchev–Trinajstić information content (AvgIpc) is 2.60. The molecule has 1 aromatic carbocycles. The van der Waals surface area contributed by atoms with Crippen molar-refractivity contribution in [2.24, 2.45) is 5.92 Å². The molecule has 0 atom stereocenters. The molecule has 0 heterocycles. The van der Waals surface area contributed by atoms with Crippen LogP contribution in [-0.4, -0.2) is 6.61 Å². The minimum atomic E-state index is 0.703. The van der Waals surface area contributed by atoms with Crippen LogP contribution < -0.4 is 0 Å². The van der Waals surface area contributed by atoms with E-state index in [-0.39, 0.29) is 0 Å². The molecule has 0 radical (unpaired) electrons. The quantitative estimate of drug-likeness (QED) is 0.398. The molecule has 126 valence electrons. The van der Waals surface area contributed by atoms with Gasteiger partial charge in [0.05, 0.1) is 13.2 Å². The summed E-state index contributed by atoms with van der Waals surface area (Å²) in [7, 11) is 0. The van der Waals surface area contributed by atoms with Gasteiger partial charge in [-0.15, -0.1) is 0 Å². The Hall–Kier alpha value is -1.34. The highest BCUT2D eigenvalue weighted by Gasteiger charge is 2.21. The van der Waals surface area contributed by atoms with Crippen LogP contribution in [0.25, 0.3) is 0 Å². The van der Waals surface area contributed by atoms with Gasteiger partial charge in [0.2, 0.25) is 0 Å². The van der Waals surface area contributed by atoms with Gasteiger partial charge in [0.1, 0.15) is 0 Å². The summed E-state index contributed by atoms with van der Waals surface area (Å²) in [4.78, 5) is 0. The molecule has 0 spiro atoms. The summed E-state index contributed by atoms with van der Waals surface area (Å²) in [5.74, 6) is 1.67. The van der Waals surface area contributed by atoms with Gasteiger partial charge in [0.15, 0.2) is 0 Å². The van der Waals surface area contributed by atoms with Crippen LogP contribution in [-0.2, 0) is 11.3 Å². The zero-order chi connectivity index (χ0) is 16.3. The summed E-state index contributed by atoms with van der Waals surface area (Å²) < 4.78 is 5.61. The summed E-state index contributed by atoms with van der Waals surface area (Å²) in [6.07, 6.45) is 16.7. The molecule has 1 aliphatic carbocycles. The molecule has 2 rings (SSSR count). The first-order chi connectivity index (χ1) is 11.3. The van der Waals surface area contributed by atoms with Gasteiger partial charge in [0, 0.05) is 0 Å². The fraction of sp³-hybridized carbons (Fsp3) is 0.545. The van der Waals surface area contributed by atoms with E-state index in [4.69, 9.17) is 4.74 Å². The average molecular weight is 312 g/mol. The molecule has 0 aliphatic heterocycles. The monoisotopic (exact) mass is 312 g/mol. The van der Waals surface area contributed by atoms with E-state index in [9.17, 15) is 0 Å². The Balaban J connectivity index is 1.76. The number of rotatable bonds is 8. The third-order valence-corrected chi connectivity index (χ3v) is 4.89. The molecule has 1 heteroatoms. The highest BCUT2D eigenvalue weighted by atomic mass is 16.5. The fourth-order valence-electron chi connectivity index (χ4n) is 3.41. The second kappa shape index (κ2) is 10.4. The van der Waals surface area contributed by atoms with E-state index in [1.165, 1.54) is 49.7 Å². The van der Waals surface area contributed by atoms with Gasteiger partial charge >= 0.3 is 0 Å². The topological polar surface area (TPSA) is 9.23 Å². The molecule has 1 nitrogen and oxygen atoms in total. The lowest BCUT2D eigenvalue weighted by Crippen LogP contribution is -2.12. The van der Waals surface area contributed by atoms with E-state index < -0.39 is 0 Å². The van der Waals surface area contributed by atoms with Crippen molar-refractivity contribution in [2.45, 2.75) is 64.9 Å². The summed E-state index contributed by atoms with van der Waals surface area (Å²) in [5, 5.41) is 0. The Morgan fingerprint density at radius 2 is 1.74 bits per heavy atom. The van der Waals surface area contributed by atoms with Crippen molar-refractivity contribution in [2.75, 3.05) is 6.61 Å². The highest BCUT2D eigenvalue weighted by Crippen LogP contribution is 2.37. The summed E-state index contributed by atoms with van der Waals surface area (Å²) in [6, 6.07) is 9.11. The molecule has 1 fully saturated rings. The number of benzene rings is 1. The second-order valence-electron chi connectivity index (χ2n) is 6.66. The Labute approximate surface area is 142 Å². The van der Waals surface area contributed by atoms with Crippen LogP contribution in [0.5, 0.6) is 0 Å². The third kappa shape index (κ3) is 6.35. The summed E-state index contributed by atoms with van der Waals surface area (Å²) in [6.45, 7) is 5.64. The van der Waals surface area contributed by atoms with E-state index in [1.807, 2.05) is 19.1 Å². The number of ether oxygens (including phenoxy) is 1. The molecule has 1 aromatic rings. The molecular formula is C22H32O. The van der Waals surface area contributed by atoms with Crippen molar-refractivity contribution < 1.29 is 4.74 Å². The van der Waals surface area contributed by atoms with E-state index >= 15 is 0 Å². The van der Waals surface area contributed by atoms with Crippen LogP contribution in [0.15, 0.2) is 48.6 Å². The van der Waals surface area contributed by atoms with E-state index in [2.05, 4.69) is 43.3 Å². The van der Waals surface area contributed by atoms with Crippen LogP contribution in [0.3, 0.4) is 0 Å². The third-order valence-electron chi connectivity index (χ3n) is 4.89. The minimum absolute atomic E-state index is 0.703. The largest absolute Gasteiger partial charge is 0.373 e. The van der Waals surface area contributed by atoms with Crippen molar-refractivity contribution in [3.05, 3.63) is 59.7 Å². The summed E-state index contributed by atoms with van der Waals surface area (Å²) >= 11 is 0. The lowest BCUT2D eigenvalue weighted by atomic mass is 9.77. The number of allylic oxidation sites excluding steroid dienone is 3. The fourth-order valence-corrected chi connectivity index (χ4v) is 3.41. The van der Waals surface area contributed by atoms with Crippen LogP contribution in [0, 0.1) is 5.92 Å². The minimum Gasteiger partial charge on any atom is -0.373 e. The number of hydrogen-bond acceptors (Lipinski definition) is 1. The Morgan fingerprint density at radius 1 is 1.00 bits per heavy atom. The van der Waals surface area contributed by atoms with Gasteiger partial charge < -0.3 is 4.74 Å². The smallest absolute Gasteiger partial charge is 0.0721 e.